The standard InChI is InChI=1S/C17H13FN2O3/c1-19-16(21)15-8-12-10(3-2-4-14(12)20-15)11-6-5-9(17(22)23)7-13(11)18/h2-8,20H,1H3,(H,19,21)(H,22,23). The Morgan fingerprint density at radius 2 is 1.91 bits per heavy atom. The minimum atomic E-state index is -1.18. The van der Waals surface area contributed by atoms with Gasteiger partial charge < -0.3 is 15.4 Å². The Labute approximate surface area is 130 Å². The minimum absolute atomic E-state index is 0.112. The molecule has 0 aliphatic carbocycles. The lowest BCUT2D eigenvalue weighted by molar-refractivity contribution is 0.0696. The molecule has 1 aromatic heterocycles. The third-order valence-electron chi connectivity index (χ3n) is 3.64. The molecule has 3 aromatic rings. The van der Waals surface area contributed by atoms with E-state index < -0.39 is 11.8 Å². The predicted molar refractivity (Wildman–Crippen MR) is 84.0 cm³/mol. The second-order valence-corrected chi connectivity index (χ2v) is 5.03. The second kappa shape index (κ2) is 5.57. The van der Waals surface area contributed by atoms with Crippen LogP contribution in [0.5, 0.6) is 0 Å². The zero-order valence-electron chi connectivity index (χ0n) is 12.2. The van der Waals surface area contributed by atoms with Crippen LogP contribution in [0, 0.1) is 5.82 Å². The summed E-state index contributed by atoms with van der Waals surface area (Å²) in [5.41, 5.74) is 1.82. The first-order valence-corrected chi connectivity index (χ1v) is 6.88. The maximum absolute atomic E-state index is 14.3. The SMILES string of the molecule is CNC(=O)c1cc2c(-c3ccc(C(=O)O)cc3F)cccc2[nH]1. The van der Waals surface area contributed by atoms with Gasteiger partial charge in [0.25, 0.3) is 5.91 Å². The van der Waals surface area contributed by atoms with Crippen LogP contribution in [0.4, 0.5) is 4.39 Å². The lowest BCUT2D eigenvalue weighted by Gasteiger charge is -2.06. The van der Waals surface area contributed by atoms with Gasteiger partial charge in [0.15, 0.2) is 0 Å². The summed E-state index contributed by atoms with van der Waals surface area (Å²) in [6.07, 6.45) is 0. The number of aromatic carboxylic acids is 1. The number of aromatic amines is 1. The largest absolute Gasteiger partial charge is 0.478 e. The quantitative estimate of drug-likeness (QED) is 0.695. The molecule has 0 radical (unpaired) electrons. The van der Waals surface area contributed by atoms with Gasteiger partial charge in [0.1, 0.15) is 11.5 Å². The fourth-order valence-electron chi connectivity index (χ4n) is 2.51. The molecule has 0 saturated carbocycles. The van der Waals surface area contributed by atoms with Crippen molar-refractivity contribution in [1.82, 2.24) is 10.3 Å². The van der Waals surface area contributed by atoms with Crippen LogP contribution in [0.25, 0.3) is 22.0 Å². The van der Waals surface area contributed by atoms with Crippen molar-refractivity contribution in [3.8, 4) is 11.1 Å². The molecule has 0 aliphatic rings. The summed E-state index contributed by atoms with van der Waals surface area (Å²) >= 11 is 0. The Kier molecular flexibility index (Phi) is 3.57. The number of carbonyl (C=O) groups is 2. The zero-order chi connectivity index (χ0) is 16.6. The van der Waals surface area contributed by atoms with Gasteiger partial charge in [-0.05, 0) is 29.8 Å². The maximum Gasteiger partial charge on any atom is 0.335 e. The van der Waals surface area contributed by atoms with Crippen molar-refractivity contribution in [2.45, 2.75) is 0 Å². The van der Waals surface area contributed by atoms with Crippen molar-refractivity contribution in [3.63, 3.8) is 0 Å². The van der Waals surface area contributed by atoms with Gasteiger partial charge in [0.05, 0.1) is 5.56 Å². The van der Waals surface area contributed by atoms with Gasteiger partial charge in [-0.3, -0.25) is 4.79 Å². The third-order valence-corrected chi connectivity index (χ3v) is 3.64. The van der Waals surface area contributed by atoms with Gasteiger partial charge >= 0.3 is 5.97 Å². The first-order chi connectivity index (χ1) is 11.0. The van der Waals surface area contributed by atoms with Crippen molar-refractivity contribution in [2.75, 3.05) is 7.05 Å². The molecule has 0 spiro atoms. The number of carboxylic acids is 1. The summed E-state index contributed by atoms with van der Waals surface area (Å²) in [4.78, 5) is 25.6. The molecular weight excluding hydrogens is 299 g/mol. The van der Waals surface area contributed by atoms with Crippen molar-refractivity contribution in [3.05, 3.63) is 59.5 Å². The molecule has 0 atom stereocenters. The van der Waals surface area contributed by atoms with E-state index in [4.69, 9.17) is 5.11 Å². The van der Waals surface area contributed by atoms with Gasteiger partial charge in [-0.1, -0.05) is 18.2 Å². The number of carbonyl (C=O) groups excluding carboxylic acids is 1. The lowest BCUT2D eigenvalue weighted by Crippen LogP contribution is -2.17. The molecule has 0 fully saturated rings. The van der Waals surface area contributed by atoms with Gasteiger partial charge in [-0.2, -0.15) is 0 Å². The monoisotopic (exact) mass is 312 g/mol. The van der Waals surface area contributed by atoms with E-state index in [-0.39, 0.29) is 17.0 Å². The number of fused-ring (bicyclic) bond motifs is 1. The minimum Gasteiger partial charge on any atom is -0.478 e. The van der Waals surface area contributed by atoms with Crippen molar-refractivity contribution in [1.29, 1.82) is 0 Å². The number of H-pyrrole nitrogens is 1. The molecule has 2 aromatic carbocycles. The number of benzene rings is 2. The molecule has 3 rings (SSSR count). The highest BCUT2D eigenvalue weighted by Crippen LogP contribution is 2.31. The molecule has 3 N–H and O–H groups in total. The van der Waals surface area contributed by atoms with Crippen LogP contribution in [0.3, 0.4) is 0 Å². The molecule has 0 saturated heterocycles. The Morgan fingerprint density at radius 1 is 1.13 bits per heavy atom. The first-order valence-electron chi connectivity index (χ1n) is 6.88. The number of carboxylic acid groups (broad SMARTS) is 1. The number of aromatic nitrogens is 1. The molecule has 0 bridgehead atoms. The molecule has 1 amide bonds. The summed E-state index contributed by atoms with van der Waals surface area (Å²) in [6, 6.07) is 10.7. The Hall–Kier alpha value is -3.15. The third kappa shape index (κ3) is 2.55. The van der Waals surface area contributed by atoms with Crippen LogP contribution in [0.15, 0.2) is 42.5 Å². The molecule has 6 heteroatoms. The van der Waals surface area contributed by atoms with Crippen molar-refractivity contribution in [2.24, 2.45) is 0 Å². The van der Waals surface area contributed by atoms with Crippen LogP contribution in [0.1, 0.15) is 20.8 Å². The van der Waals surface area contributed by atoms with Gasteiger partial charge in [0, 0.05) is 23.5 Å². The van der Waals surface area contributed by atoms with E-state index in [0.29, 0.717) is 22.2 Å². The van der Waals surface area contributed by atoms with E-state index >= 15 is 0 Å². The topological polar surface area (TPSA) is 82.2 Å². The number of hydrogen-bond acceptors (Lipinski definition) is 2. The summed E-state index contributed by atoms with van der Waals surface area (Å²) < 4.78 is 14.3. The number of nitrogens with one attached hydrogen (secondary N) is 2. The Morgan fingerprint density at radius 3 is 2.57 bits per heavy atom. The van der Waals surface area contributed by atoms with Crippen LogP contribution in [0.2, 0.25) is 0 Å². The van der Waals surface area contributed by atoms with E-state index in [9.17, 15) is 14.0 Å². The molecule has 23 heavy (non-hydrogen) atoms. The van der Waals surface area contributed by atoms with Crippen LogP contribution < -0.4 is 5.32 Å². The van der Waals surface area contributed by atoms with Crippen LogP contribution in [-0.4, -0.2) is 29.0 Å². The Balaban J connectivity index is 2.18. The summed E-state index contributed by atoms with van der Waals surface area (Å²) in [5.74, 6) is -2.08. The van der Waals surface area contributed by atoms with E-state index in [1.54, 1.807) is 24.3 Å². The lowest BCUT2D eigenvalue weighted by atomic mass is 9.99. The van der Waals surface area contributed by atoms with Crippen LogP contribution in [-0.2, 0) is 0 Å². The van der Waals surface area contributed by atoms with Crippen molar-refractivity contribution < 1.29 is 19.1 Å². The van der Waals surface area contributed by atoms with Gasteiger partial charge in [-0.15, -0.1) is 0 Å². The zero-order valence-corrected chi connectivity index (χ0v) is 12.2. The summed E-state index contributed by atoms with van der Waals surface area (Å²) in [5, 5.41) is 12.1. The van der Waals surface area contributed by atoms with E-state index in [1.165, 1.54) is 19.2 Å². The predicted octanol–water partition coefficient (Wildman–Crippen LogP) is 3.03. The molecule has 0 aliphatic heterocycles. The van der Waals surface area contributed by atoms with Gasteiger partial charge in [0.2, 0.25) is 0 Å². The second-order valence-electron chi connectivity index (χ2n) is 5.03. The molecular formula is C17H13FN2O3. The number of halogens is 1. The van der Waals surface area contributed by atoms with E-state index in [2.05, 4.69) is 10.3 Å². The fraction of sp³-hybridized carbons (Fsp3) is 0.0588. The highest BCUT2D eigenvalue weighted by atomic mass is 19.1. The smallest absolute Gasteiger partial charge is 0.335 e. The number of hydrogen-bond donors (Lipinski definition) is 3. The van der Waals surface area contributed by atoms with E-state index in [1.807, 2.05) is 0 Å². The maximum atomic E-state index is 14.3. The fourth-order valence-corrected chi connectivity index (χ4v) is 2.51. The van der Waals surface area contributed by atoms with Crippen molar-refractivity contribution >= 4 is 22.8 Å². The van der Waals surface area contributed by atoms with E-state index in [0.717, 1.165) is 6.07 Å². The average molecular weight is 312 g/mol. The Bertz CT molecular complexity index is 931. The summed E-state index contributed by atoms with van der Waals surface area (Å²) in [7, 11) is 1.53. The summed E-state index contributed by atoms with van der Waals surface area (Å²) in [6.45, 7) is 0. The average Bonchev–Trinajstić information content (AvgIpc) is 2.98. The highest BCUT2D eigenvalue weighted by Gasteiger charge is 2.15. The molecule has 116 valence electrons. The first kappa shape index (κ1) is 14.8. The molecule has 5 nitrogen and oxygen atoms in total. The number of rotatable bonds is 3. The normalized spacial score (nSPS) is 10.7. The van der Waals surface area contributed by atoms with Crippen LogP contribution >= 0.6 is 0 Å². The molecule has 0 unspecified atom stereocenters. The van der Waals surface area contributed by atoms with Gasteiger partial charge in [-0.25, -0.2) is 9.18 Å². The highest BCUT2D eigenvalue weighted by molar-refractivity contribution is 6.03. The number of amides is 1. The molecule has 1 heterocycles.